The number of ether oxygens (including phenoxy) is 1. The predicted octanol–water partition coefficient (Wildman–Crippen LogP) is 2.42. The lowest BCUT2D eigenvalue weighted by atomic mass is 10.1. The van der Waals surface area contributed by atoms with E-state index in [2.05, 4.69) is 0 Å². The Morgan fingerprint density at radius 1 is 1.30 bits per heavy atom. The lowest BCUT2D eigenvalue weighted by Crippen LogP contribution is -2.44. The minimum absolute atomic E-state index is 0.150. The van der Waals surface area contributed by atoms with Crippen molar-refractivity contribution in [3.05, 3.63) is 29.3 Å². The highest BCUT2D eigenvalue weighted by Gasteiger charge is 2.29. The monoisotopic (exact) mass is 396 g/mol. The summed E-state index contributed by atoms with van der Waals surface area (Å²) < 4.78 is 5.70. The highest BCUT2D eigenvalue weighted by molar-refractivity contribution is 6.32. The third-order valence-electron chi connectivity index (χ3n) is 4.65. The van der Waals surface area contributed by atoms with Crippen LogP contribution in [0.1, 0.15) is 33.1 Å². The van der Waals surface area contributed by atoms with Gasteiger partial charge in [0.1, 0.15) is 12.3 Å². The van der Waals surface area contributed by atoms with Crippen LogP contribution in [0.2, 0.25) is 5.02 Å². The van der Waals surface area contributed by atoms with Crippen LogP contribution in [-0.4, -0.2) is 64.5 Å². The van der Waals surface area contributed by atoms with E-state index in [1.165, 1.54) is 11.8 Å². The molecule has 0 aromatic heterocycles. The Labute approximate surface area is 163 Å². The van der Waals surface area contributed by atoms with Gasteiger partial charge in [-0.25, -0.2) is 0 Å². The molecule has 1 saturated heterocycles. The SMILES string of the molecule is CC(=O)N(CC(=O)O)C1CCCN(C(=O)C(C)Oc2ccccc2Cl)CC1. The first-order valence-electron chi connectivity index (χ1n) is 8.98. The second-order valence-corrected chi connectivity index (χ2v) is 7.05. The maximum Gasteiger partial charge on any atom is 0.323 e. The first-order chi connectivity index (χ1) is 12.8. The van der Waals surface area contributed by atoms with Gasteiger partial charge in [0.25, 0.3) is 5.91 Å². The van der Waals surface area contributed by atoms with E-state index in [-0.39, 0.29) is 24.4 Å². The molecule has 2 amide bonds. The summed E-state index contributed by atoms with van der Waals surface area (Å²) in [6, 6.07) is 6.79. The van der Waals surface area contributed by atoms with Crippen molar-refractivity contribution in [1.82, 2.24) is 9.80 Å². The summed E-state index contributed by atoms with van der Waals surface area (Å²) in [5, 5.41) is 9.47. The normalized spacial score (nSPS) is 18.3. The first kappa shape index (κ1) is 21.0. The summed E-state index contributed by atoms with van der Waals surface area (Å²) >= 11 is 6.07. The molecule has 1 fully saturated rings. The Kier molecular flexibility index (Phi) is 7.47. The van der Waals surface area contributed by atoms with E-state index in [9.17, 15) is 14.4 Å². The Morgan fingerprint density at radius 2 is 2.00 bits per heavy atom. The summed E-state index contributed by atoms with van der Waals surface area (Å²) in [7, 11) is 0. The van der Waals surface area contributed by atoms with Crippen molar-refractivity contribution in [2.75, 3.05) is 19.6 Å². The summed E-state index contributed by atoms with van der Waals surface area (Å²) in [6.45, 7) is 3.73. The van der Waals surface area contributed by atoms with Gasteiger partial charge in [-0.3, -0.25) is 14.4 Å². The molecule has 1 N–H and O–H groups in total. The molecule has 1 aromatic rings. The lowest BCUT2D eigenvalue weighted by Gasteiger charge is -2.29. The second kappa shape index (κ2) is 9.60. The fourth-order valence-electron chi connectivity index (χ4n) is 3.29. The van der Waals surface area contributed by atoms with Crippen LogP contribution in [0, 0.1) is 0 Å². The molecule has 7 nitrogen and oxygen atoms in total. The van der Waals surface area contributed by atoms with Gasteiger partial charge in [0.2, 0.25) is 5.91 Å². The number of rotatable bonds is 6. The van der Waals surface area contributed by atoms with E-state index >= 15 is 0 Å². The van der Waals surface area contributed by atoms with Crippen molar-refractivity contribution in [1.29, 1.82) is 0 Å². The average molecular weight is 397 g/mol. The molecule has 0 bridgehead atoms. The number of carbonyl (C=O) groups is 3. The number of para-hydroxylation sites is 1. The van der Waals surface area contributed by atoms with Gasteiger partial charge in [0, 0.05) is 26.1 Å². The van der Waals surface area contributed by atoms with Gasteiger partial charge in [0.05, 0.1) is 5.02 Å². The molecule has 27 heavy (non-hydrogen) atoms. The van der Waals surface area contributed by atoms with Crippen LogP contribution >= 0.6 is 11.6 Å². The number of halogens is 1. The predicted molar refractivity (Wildman–Crippen MR) is 101 cm³/mol. The van der Waals surface area contributed by atoms with Crippen LogP contribution in [0.3, 0.4) is 0 Å². The van der Waals surface area contributed by atoms with Crippen LogP contribution in [0.25, 0.3) is 0 Å². The molecule has 1 aliphatic rings. The van der Waals surface area contributed by atoms with Gasteiger partial charge in [-0.1, -0.05) is 23.7 Å². The van der Waals surface area contributed by atoms with Crippen molar-refractivity contribution in [2.45, 2.75) is 45.3 Å². The van der Waals surface area contributed by atoms with Crippen molar-refractivity contribution in [3.8, 4) is 5.75 Å². The van der Waals surface area contributed by atoms with Gasteiger partial charge >= 0.3 is 5.97 Å². The zero-order chi connectivity index (χ0) is 20.0. The maximum absolute atomic E-state index is 12.7. The summed E-state index contributed by atoms with van der Waals surface area (Å²) in [5.41, 5.74) is 0. The minimum Gasteiger partial charge on any atom is -0.480 e. The number of benzene rings is 1. The van der Waals surface area contributed by atoms with E-state index in [0.717, 1.165) is 0 Å². The quantitative estimate of drug-likeness (QED) is 0.797. The molecule has 8 heteroatoms. The molecule has 2 atom stereocenters. The number of carboxylic acids is 1. The smallest absolute Gasteiger partial charge is 0.323 e. The minimum atomic E-state index is -1.04. The fourth-order valence-corrected chi connectivity index (χ4v) is 3.47. The molecule has 1 aromatic carbocycles. The van der Waals surface area contributed by atoms with Gasteiger partial charge in [0.15, 0.2) is 6.10 Å². The number of nitrogens with zero attached hydrogens (tertiary/aromatic N) is 2. The fraction of sp³-hybridized carbons (Fsp3) is 0.526. The molecule has 1 aliphatic heterocycles. The number of carboxylic acid groups (broad SMARTS) is 1. The Bertz CT molecular complexity index is 696. The molecular weight excluding hydrogens is 372 g/mol. The first-order valence-corrected chi connectivity index (χ1v) is 9.36. The van der Waals surface area contributed by atoms with Crippen LogP contribution in [-0.2, 0) is 14.4 Å². The third-order valence-corrected chi connectivity index (χ3v) is 4.96. The molecule has 2 rings (SSSR count). The maximum atomic E-state index is 12.7. The molecule has 1 heterocycles. The highest BCUT2D eigenvalue weighted by atomic mass is 35.5. The largest absolute Gasteiger partial charge is 0.480 e. The molecular formula is C19H25ClN2O5. The number of amides is 2. The van der Waals surface area contributed by atoms with Gasteiger partial charge in [-0.15, -0.1) is 0 Å². The molecule has 0 radical (unpaired) electrons. The summed E-state index contributed by atoms with van der Waals surface area (Å²) in [6.07, 6.45) is 1.20. The zero-order valence-corrected chi connectivity index (χ0v) is 16.3. The van der Waals surface area contributed by atoms with E-state index in [4.69, 9.17) is 21.4 Å². The van der Waals surface area contributed by atoms with Gasteiger partial charge < -0.3 is 19.6 Å². The second-order valence-electron chi connectivity index (χ2n) is 6.64. The van der Waals surface area contributed by atoms with Crippen LogP contribution in [0.5, 0.6) is 5.75 Å². The van der Waals surface area contributed by atoms with Gasteiger partial charge in [-0.2, -0.15) is 0 Å². The number of likely N-dealkylation sites (tertiary alicyclic amines) is 1. The van der Waals surface area contributed by atoms with Crippen molar-refractivity contribution >= 4 is 29.4 Å². The summed E-state index contributed by atoms with van der Waals surface area (Å²) in [4.78, 5) is 38.6. The Balaban J connectivity index is 1.98. The highest BCUT2D eigenvalue weighted by Crippen LogP contribution is 2.25. The van der Waals surface area contributed by atoms with E-state index in [0.29, 0.717) is 43.1 Å². The molecule has 2 unspecified atom stereocenters. The van der Waals surface area contributed by atoms with Gasteiger partial charge in [-0.05, 0) is 38.3 Å². The van der Waals surface area contributed by atoms with Crippen LogP contribution < -0.4 is 4.74 Å². The van der Waals surface area contributed by atoms with Crippen molar-refractivity contribution in [2.24, 2.45) is 0 Å². The number of hydrogen-bond donors (Lipinski definition) is 1. The van der Waals surface area contributed by atoms with E-state index in [1.807, 2.05) is 0 Å². The zero-order valence-electron chi connectivity index (χ0n) is 15.6. The van der Waals surface area contributed by atoms with E-state index < -0.39 is 12.1 Å². The van der Waals surface area contributed by atoms with Crippen molar-refractivity contribution < 1.29 is 24.2 Å². The molecule has 0 saturated carbocycles. The standard InChI is InChI=1S/C19H25ClN2O5/c1-13(27-17-8-4-3-7-16(17)20)19(26)21-10-5-6-15(9-11-21)22(14(2)23)12-18(24)25/h3-4,7-8,13,15H,5-6,9-12H2,1-2H3,(H,24,25). The number of carbonyl (C=O) groups excluding carboxylic acids is 2. The van der Waals surface area contributed by atoms with Crippen LogP contribution in [0.4, 0.5) is 0 Å². The Hall–Kier alpha value is -2.28. The Morgan fingerprint density at radius 3 is 2.63 bits per heavy atom. The van der Waals surface area contributed by atoms with Crippen LogP contribution in [0.15, 0.2) is 24.3 Å². The summed E-state index contributed by atoms with van der Waals surface area (Å²) in [5.74, 6) is -0.998. The topological polar surface area (TPSA) is 87.2 Å². The molecule has 0 spiro atoms. The average Bonchev–Trinajstić information content (AvgIpc) is 2.86. The van der Waals surface area contributed by atoms with Crippen molar-refractivity contribution in [3.63, 3.8) is 0 Å². The lowest BCUT2D eigenvalue weighted by molar-refractivity contribution is -0.145. The third kappa shape index (κ3) is 5.85. The number of hydrogen-bond acceptors (Lipinski definition) is 4. The molecule has 0 aliphatic carbocycles. The molecule has 148 valence electrons. The van der Waals surface area contributed by atoms with E-state index in [1.54, 1.807) is 36.1 Å². The number of aliphatic carboxylic acids is 1.